The molecular weight excluding hydrogens is 261 g/mol. The predicted octanol–water partition coefficient (Wildman–Crippen LogP) is 2.44. The van der Waals surface area contributed by atoms with Gasteiger partial charge >= 0.3 is 5.97 Å². The van der Waals surface area contributed by atoms with Gasteiger partial charge in [-0.15, -0.1) is 0 Å². The molecule has 1 N–H and O–H groups in total. The Labute approximate surface area is 119 Å². The van der Waals surface area contributed by atoms with E-state index in [9.17, 15) is 9.18 Å². The van der Waals surface area contributed by atoms with E-state index in [4.69, 9.17) is 9.47 Å². The molecule has 0 aliphatic carbocycles. The standard InChI is InChI=1S/C15H22FNO3/c1-10(2)17-14(15(18)19-4)7-8-20-12-5-6-13(16)11(3)9-12/h5-6,9-10,14,17H,7-8H2,1-4H3. The van der Waals surface area contributed by atoms with Crippen molar-refractivity contribution in [2.24, 2.45) is 0 Å². The minimum absolute atomic E-state index is 0.173. The summed E-state index contributed by atoms with van der Waals surface area (Å²) in [7, 11) is 1.36. The van der Waals surface area contributed by atoms with Crippen LogP contribution in [0.25, 0.3) is 0 Å². The first-order valence-corrected chi connectivity index (χ1v) is 6.67. The summed E-state index contributed by atoms with van der Waals surface area (Å²) < 4.78 is 23.4. The zero-order valence-corrected chi connectivity index (χ0v) is 12.4. The Morgan fingerprint density at radius 1 is 1.40 bits per heavy atom. The van der Waals surface area contributed by atoms with Gasteiger partial charge in [-0.3, -0.25) is 4.79 Å². The molecule has 0 spiro atoms. The second kappa shape index (κ2) is 7.85. The smallest absolute Gasteiger partial charge is 0.322 e. The molecule has 0 radical (unpaired) electrons. The van der Waals surface area contributed by atoms with E-state index in [-0.39, 0.29) is 17.8 Å². The SMILES string of the molecule is COC(=O)C(CCOc1ccc(F)c(C)c1)NC(C)C. The van der Waals surface area contributed by atoms with Crippen molar-refractivity contribution in [1.29, 1.82) is 0 Å². The number of carbonyl (C=O) groups excluding carboxylic acids is 1. The lowest BCUT2D eigenvalue weighted by atomic mass is 10.2. The topological polar surface area (TPSA) is 47.6 Å². The number of benzene rings is 1. The van der Waals surface area contributed by atoms with Gasteiger partial charge < -0.3 is 14.8 Å². The van der Waals surface area contributed by atoms with Gasteiger partial charge in [-0.2, -0.15) is 0 Å². The lowest BCUT2D eigenvalue weighted by Gasteiger charge is -2.19. The second-order valence-corrected chi connectivity index (χ2v) is 4.95. The first-order chi connectivity index (χ1) is 9.43. The maximum absolute atomic E-state index is 13.1. The number of halogens is 1. The normalized spacial score (nSPS) is 12.3. The second-order valence-electron chi connectivity index (χ2n) is 4.95. The largest absolute Gasteiger partial charge is 0.494 e. The summed E-state index contributed by atoms with van der Waals surface area (Å²) in [5.74, 6) is 0.0286. The molecule has 20 heavy (non-hydrogen) atoms. The number of esters is 1. The molecule has 1 rings (SSSR count). The first-order valence-electron chi connectivity index (χ1n) is 6.67. The molecular formula is C15H22FNO3. The molecule has 1 atom stereocenters. The van der Waals surface area contributed by atoms with Crippen molar-refractivity contribution >= 4 is 5.97 Å². The number of methoxy groups -OCH3 is 1. The number of rotatable bonds is 7. The van der Waals surface area contributed by atoms with Crippen LogP contribution in [0, 0.1) is 12.7 Å². The van der Waals surface area contributed by atoms with Gasteiger partial charge in [0.25, 0.3) is 0 Å². The summed E-state index contributed by atoms with van der Waals surface area (Å²) in [6.07, 6.45) is 0.487. The van der Waals surface area contributed by atoms with Crippen LogP contribution in [0.1, 0.15) is 25.8 Å². The van der Waals surface area contributed by atoms with Crippen LogP contribution in [0.15, 0.2) is 18.2 Å². The molecule has 5 heteroatoms. The van der Waals surface area contributed by atoms with E-state index in [1.165, 1.54) is 13.2 Å². The van der Waals surface area contributed by atoms with Crippen LogP contribution in [-0.2, 0) is 9.53 Å². The maximum Gasteiger partial charge on any atom is 0.322 e. The zero-order valence-electron chi connectivity index (χ0n) is 12.4. The van der Waals surface area contributed by atoms with Gasteiger partial charge in [0.1, 0.15) is 17.6 Å². The molecule has 0 heterocycles. The minimum atomic E-state index is -0.401. The molecule has 1 aromatic carbocycles. The van der Waals surface area contributed by atoms with E-state index in [1.807, 2.05) is 13.8 Å². The Hall–Kier alpha value is -1.62. The van der Waals surface area contributed by atoms with Crippen molar-refractivity contribution in [1.82, 2.24) is 5.32 Å². The van der Waals surface area contributed by atoms with Crippen LogP contribution >= 0.6 is 0 Å². The number of carbonyl (C=O) groups is 1. The van der Waals surface area contributed by atoms with E-state index >= 15 is 0 Å². The zero-order chi connectivity index (χ0) is 15.1. The van der Waals surface area contributed by atoms with Crippen LogP contribution in [0.3, 0.4) is 0 Å². The quantitative estimate of drug-likeness (QED) is 0.781. The number of nitrogens with one attached hydrogen (secondary N) is 1. The van der Waals surface area contributed by atoms with E-state index < -0.39 is 6.04 Å². The number of aryl methyl sites for hydroxylation is 1. The number of hydrogen-bond acceptors (Lipinski definition) is 4. The summed E-state index contributed by atoms with van der Waals surface area (Å²) >= 11 is 0. The summed E-state index contributed by atoms with van der Waals surface area (Å²) in [5.41, 5.74) is 0.535. The van der Waals surface area contributed by atoms with Crippen molar-refractivity contribution < 1.29 is 18.7 Å². The monoisotopic (exact) mass is 283 g/mol. The van der Waals surface area contributed by atoms with Crippen LogP contribution in [0.4, 0.5) is 4.39 Å². The fourth-order valence-corrected chi connectivity index (χ4v) is 1.82. The summed E-state index contributed by atoms with van der Waals surface area (Å²) in [6, 6.07) is 4.35. The van der Waals surface area contributed by atoms with Crippen molar-refractivity contribution in [2.75, 3.05) is 13.7 Å². The molecule has 1 aromatic rings. The third-order valence-corrected chi connectivity index (χ3v) is 2.82. The van der Waals surface area contributed by atoms with Crippen LogP contribution in [0.2, 0.25) is 0 Å². The first kappa shape index (κ1) is 16.4. The van der Waals surface area contributed by atoms with Crippen LogP contribution in [-0.4, -0.2) is 31.8 Å². The van der Waals surface area contributed by atoms with Gasteiger partial charge in [0, 0.05) is 12.5 Å². The molecule has 4 nitrogen and oxygen atoms in total. The molecule has 1 unspecified atom stereocenters. The van der Waals surface area contributed by atoms with Gasteiger partial charge in [0.05, 0.1) is 13.7 Å². The van der Waals surface area contributed by atoms with E-state index in [0.29, 0.717) is 24.3 Å². The third kappa shape index (κ3) is 5.17. The fourth-order valence-electron chi connectivity index (χ4n) is 1.82. The van der Waals surface area contributed by atoms with Gasteiger partial charge in [0.15, 0.2) is 0 Å². The van der Waals surface area contributed by atoms with Crippen LogP contribution in [0.5, 0.6) is 5.75 Å². The van der Waals surface area contributed by atoms with Crippen molar-refractivity contribution in [3.63, 3.8) is 0 Å². The Bertz CT molecular complexity index is 449. The highest BCUT2D eigenvalue weighted by molar-refractivity contribution is 5.75. The Kier molecular flexibility index (Phi) is 6.45. The summed E-state index contributed by atoms with van der Waals surface area (Å²) in [5, 5.41) is 3.12. The minimum Gasteiger partial charge on any atom is -0.494 e. The van der Waals surface area contributed by atoms with Gasteiger partial charge in [-0.25, -0.2) is 4.39 Å². The van der Waals surface area contributed by atoms with E-state index in [1.54, 1.807) is 19.1 Å². The average molecular weight is 283 g/mol. The lowest BCUT2D eigenvalue weighted by molar-refractivity contribution is -0.143. The third-order valence-electron chi connectivity index (χ3n) is 2.82. The Balaban J connectivity index is 2.50. The lowest BCUT2D eigenvalue weighted by Crippen LogP contribution is -2.42. The summed E-state index contributed by atoms with van der Waals surface area (Å²) in [4.78, 5) is 11.6. The van der Waals surface area contributed by atoms with E-state index in [0.717, 1.165) is 0 Å². The molecule has 0 saturated heterocycles. The predicted molar refractivity (Wildman–Crippen MR) is 75.3 cm³/mol. The maximum atomic E-state index is 13.1. The molecule has 0 aliphatic heterocycles. The van der Waals surface area contributed by atoms with Gasteiger partial charge in [0.2, 0.25) is 0 Å². The summed E-state index contributed by atoms with van der Waals surface area (Å²) in [6.45, 7) is 5.95. The van der Waals surface area contributed by atoms with Crippen LogP contribution < -0.4 is 10.1 Å². The molecule has 0 bridgehead atoms. The fraction of sp³-hybridized carbons (Fsp3) is 0.533. The molecule has 112 valence electrons. The molecule has 0 amide bonds. The molecule has 0 aromatic heterocycles. The molecule has 0 fully saturated rings. The highest BCUT2D eigenvalue weighted by atomic mass is 19.1. The van der Waals surface area contributed by atoms with E-state index in [2.05, 4.69) is 5.32 Å². The van der Waals surface area contributed by atoms with Crippen molar-refractivity contribution in [2.45, 2.75) is 39.3 Å². The van der Waals surface area contributed by atoms with Crippen molar-refractivity contribution in [3.05, 3.63) is 29.6 Å². The number of ether oxygens (including phenoxy) is 2. The Morgan fingerprint density at radius 2 is 2.10 bits per heavy atom. The highest BCUT2D eigenvalue weighted by Gasteiger charge is 2.19. The van der Waals surface area contributed by atoms with Crippen molar-refractivity contribution in [3.8, 4) is 5.75 Å². The van der Waals surface area contributed by atoms with Gasteiger partial charge in [-0.1, -0.05) is 13.8 Å². The average Bonchev–Trinajstić information content (AvgIpc) is 2.40. The highest BCUT2D eigenvalue weighted by Crippen LogP contribution is 2.16. The Morgan fingerprint density at radius 3 is 2.65 bits per heavy atom. The number of hydrogen-bond donors (Lipinski definition) is 1. The molecule has 0 saturated carbocycles. The molecule has 0 aliphatic rings. The van der Waals surface area contributed by atoms with Gasteiger partial charge in [-0.05, 0) is 30.7 Å².